The van der Waals surface area contributed by atoms with Gasteiger partial charge in [0.25, 0.3) is 5.69 Å². The number of hydrogen-bond donors (Lipinski definition) is 6. The molecule has 12 nitrogen and oxygen atoms in total. The summed E-state index contributed by atoms with van der Waals surface area (Å²) in [5.74, 6) is 0.0809. The van der Waals surface area contributed by atoms with Gasteiger partial charge in [-0.1, -0.05) is 0 Å². The number of nitro groups is 1. The molecule has 6 N–H and O–H groups in total. The Morgan fingerprint density at radius 1 is 1.00 bits per heavy atom. The molecule has 0 spiro atoms. The maximum Gasteiger partial charge on any atom is 0.412 e. The predicted octanol–water partition coefficient (Wildman–Crippen LogP) is -2.11. The third-order valence-electron chi connectivity index (χ3n) is 4.01. The van der Waals surface area contributed by atoms with Gasteiger partial charge in [0.1, 0.15) is 42.4 Å². The highest BCUT2D eigenvalue weighted by atomic mass is 16.6. The Morgan fingerprint density at radius 3 is 2.04 bits per heavy atom. The number of non-ortho nitro benzene ring substituents is 1. The van der Waals surface area contributed by atoms with Crippen molar-refractivity contribution in [3.63, 3.8) is 0 Å². The highest BCUT2D eigenvalue weighted by Gasteiger charge is 2.48. The summed E-state index contributed by atoms with van der Waals surface area (Å²) in [5.41, 5.74) is -0.157. The van der Waals surface area contributed by atoms with Crippen molar-refractivity contribution in [3.05, 3.63) is 34.4 Å². The van der Waals surface area contributed by atoms with E-state index < -0.39 is 47.6 Å². The monoisotopic (exact) mass is 388 g/mol. The van der Waals surface area contributed by atoms with Gasteiger partial charge in [-0.25, -0.2) is 4.79 Å². The molecule has 1 aromatic rings. The number of aliphatic hydroxyl groups excluding tert-OH is 5. The molecule has 12 heteroatoms. The summed E-state index contributed by atoms with van der Waals surface area (Å²) in [5, 5.41) is 61.1. The number of carbonyl (C=O) groups is 1. The lowest BCUT2D eigenvalue weighted by Gasteiger charge is -2.41. The Labute approximate surface area is 152 Å². The van der Waals surface area contributed by atoms with Gasteiger partial charge in [0.2, 0.25) is 0 Å². The van der Waals surface area contributed by atoms with Crippen LogP contribution in [0, 0.1) is 10.1 Å². The van der Waals surface area contributed by atoms with Crippen LogP contribution in [0.1, 0.15) is 0 Å². The number of nitrogens with one attached hydrogen (secondary N) is 1. The SMILES string of the molecule is O=C(NCCOC1[C@@H](O)[C@H](O)C(O)[C@H](O)[C@H]1O)Oc1ccc([N+](=O)[O-])cc1. The number of benzene rings is 1. The number of rotatable bonds is 6. The topological polar surface area (TPSA) is 192 Å². The summed E-state index contributed by atoms with van der Waals surface area (Å²) in [6.45, 7) is -0.305. The molecule has 150 valence electrons. The fourth-order valence-electron chi connectivity index (χ4n) is 2.52. The summed E-state index contributed by atoms with van der Waals surface area (Å²) in [6.07, 6.45) is -10.6. The molecule has 6 atom stereocenters. The average Bonchev–Trinajstić information content (AvgIpc) is 2.64. The number of aliphatic hydroxyl groups is 5. The Morgan fingerprint density at radius 2 is 1.52 bits per heavy atom. The summed E-state index contributed by atoms with van der Waals surface area (Å²) in [7, 11) is 0. The van der Waals surface area contributed by atoms with Gasteiger partial charge in [-0.05, 0) is 12.1 Å². The Hall–Kier alpha value is -2.35. The number of nitrogens with zero attached hydrogens (tertiary/aromatic N) is 1. The molecule has 1 fully saturated rings. The van der Waals surface area contributed by atoms with Crippen LogP contribution in [0.4, 0.5) is 10.5 Å². The van der Waals surface area contributed by atoms with Crippen LogP contribution in [0.2, 0.25) is 0 Å². The summed E-state index contributed by atoms with van der Waals surface area (Å²) in [6, 6.07) is 4.83. The molecule has 2 rings (SSSR count). The van der Waals surface area contributed by atoms with Crippen LogP contribution in [0.3, 0.4) is 0 Å². The molecular formula is C15H20N2O10. The zero-order chi connectivity index (χ0) is 20.1. The highest BCUT2D eigenvalue weighted by Crippen LogP contribution is 2.23. The van der Waals surface area contributed by atoms with Gasteiger partial charge in [0.15, 0.2) is 0 Å². The lowest BCUT2D eigenvalue weighted by molar-refractivity contribution is -0.384. The molecule has 0 bridgehead atoms. The number of hydrogen-bond acceptors (Lipinski definition) is 10. The Kier molecular flexibility index (Phi) is 7.01. The van der Waals surface area contributed by atoms with Crippen LogP contribution in [0.15, 0.2) is 24.3 Å². The van der Waals surface area contributed by atoms with E-state index in [-0.39, 0.29) is 24.6 Å². The van der Waals surface area contributed by atoms with E-state index in [9.17, 15) is 40.4 Å². The summed E-state index contributed by atoms with van der Waals surface area (Å²) >= 11 is 0. The molecule has 0 aliphatic heterocycles. The lowest BCUT2D eigenvalue weighted by atomic mass is 9.85. The Bertz CT molecular complexity index is 639. The smallest absolute Gasteiger partial charge is 0.410 e. The number of carbonyl (C=O) groups excluding carboxylic acids is 1. The normalized spacial score (nSPS) is 30.6. The van der Waals surface area contributed by atoms with Crippen LogP contribution < -0.4 is 10.1 Å². The average molecular weight is 388 g/mol. The molecular weight excluding hydrogens is 368 g/mol. The standard InChI is InChI=1S/C15H20N2O10/c18-9-10(19)12(21)14(13(22)11(9)20)26-6-5-16-15(23)27-8-3-1-7(2-4-8)17(24)25/h1-4,9-14,18-22H,5-6H2,(H,16,23)/t9?,10-,11+,12+,13-,14?. The first-order valence-corrected chi connectivity index (χ1v) is 7.94. The molecule has 0 radical (unpaired) electrons. The summed E-state index contributed by atoms with van der Waals surface area (Å²) in [4.78, 5) is 21.6. The first-order chi connectivity index (χ1) is 12.7. The molecule has 0 heterocycles. The van der Waals surface area contributed by atoms with Crippen molar-refractivity contribution in [2.24, 2.45) is 0 Å². The first kappa shape index (κ1) is 21.0. The van der Waals surface area contributed by atoms with E-state index in [1.54, 1.807) is 0 Å². The van der Waals surface area contributed by atoms with E-state index in [2.05, 4.69) is 5.32 Å². The third-order valence-corrected chi connectivity index (χ3v) is 4.01. The molecule has 1 saturated carbocycles. The zero-order valence-corrected chi connectivity index (χ0v) is 13.9. The van der Waals surface area contributed by atoms with Crippen molar-refractivity contribution < 1.29 is 44.7 Å². The van der Waals surface area contributed by atoms with Gasteiger partial charge in [-0.15, -0.1) is 0 Å². The predicted molar refractivity (Wildman–Crippen MR) is 86.9 cm³/mol. The van der Waals surface area contributed by atoms with E-state index in [4.69, 9.17) is 9.47 Å². The third kappa shape index (κ3) is 5.09. The van der Waals surface area contributed by atoms with E-state index in [1.807, 2.05) is 0 Å². The van der Waals surface area contributed by atoms with Crippen LogP contribution in [-0.4, -0.2) is 86.3 Å². The number of ether oxygens (including phenoxy) is 2. The molecule has 27 heavy (non-hydrogen) atoms. The van der Waals surface area contributed by atoms with Gasteiger partial charge in [0.05, 0.1) is 11.5 Å². The molecule has 0 aromatic heterocycles. The molecule has 1 amide bonds. The van der Waals surface area contributed by atoms with Crippen molar-refractivity contribution in [2.75, 3.05) is 13.2 Å². The minimum Gasteiger partial charge on any atom is -0.410 e. The van der Waals surface area contributed by atoms with E-state index in [1.165, 1.54) is 24.3 Å². The van der Waals surface area contributed by atoms with Gasteiger partial charge in [-0.2, -0.15) is 0 Å². The van der Waals surface area contributed by atoms with E-state index in [0.717, 1.165) is 0 Å². The van der Waals surface area contributed by atoms with Crippen LogP contribution >= 0.6 is 0 Å². The van der Waals surface area contributed by atoms with Crippen LogP contribution in [-0.2, 0) is 4.74 Å². The van der Waals surface area contributed by atoms with Crippen LogP contribution in [0.5, 0.6) is 5.75 Å². The second-order valence-electron chi connectivity index (χ2n) is 5.86. The molecule has 1 aromatic carbocycles. The minimum atomic E-state index is -1.72. The zero-order valence-electron chi connectivity index (χ0n) is 13.9. The van der Waals surface area contributed by atoms with E-state index in [0.29, 0.717) is 0 Å². The molecule has 2 unspecified atom stereocenters. The molecule has 1 aliphatic rings. The van der Waals surface area contributed by atoms with Gasteiger partial charge < -0.3 is 40.3 Å². The van der Waals surface area contributed by atoms with Crippen molar-refractivity contribution in [1.29, 1.82) is 0 Å². The first-order valence-electron chi connectivity index (χ1n) is 7.94. The second-order valence-corrected chi connectivity index (χ2v) is 5.86. The van der Waals surface area contributed by atoms with Gasteiger partial charge in [0, 0.05) is 18.7 Å². The Balaban J connectivity index is 1.75. The summed E-state index contributed by atoms with van der Waals surface area (Å²) < 4.78 is 10.1. The number of nitro benzene ring substituents is 1. The molecule has 0 saturated heterocycles. The van der Waals surface area contributed by atoms with Crippen molar-refractivity contribution >= 4 is 11.8 Å². The van der Waals surface area contributed by atoms with E-state index >= 15 is 0 Å². The minimum absolute atomic E-state index is 0.0809. The second kappa shape index (κ2) is 9.03. The maximum atomic E-state index is 11.6. The van der Waals surface area contributed by atoms with Gasteiger partial charge in [-0.3, -0.25) is 10.1 Å². The quantitative estimate of drug-likeness (QED) is 0.178. The van der Waals surface area contributed by atoms with Crippen LogP contribution in [0.25, 0.3) is 0 Å². The fraction of sp³-hybridized carbons (Fsp3) is 0.533. The van der Waals surface area contributed by atoms with Crippen molar-refractivity contribution in [1.82, 2.24) is 5.32 Å². The van der Waals surface area contributed by atoms with Crippen molar-refractivity contribution in [3.8, 4) is 5.75 Å². The highest BCUT2D eigenvalue weighted by molar-refractivity contribution is 5.70. The largest absolute Gasteiger partial charge is 0.412 e. The van der Waals surface area contributed by atoms with Gasteiger partial charge >= 0.3 is 6.09 Å². The number of amides is 1. The molecule has 1 aliphatic carbocycles. The maximum absolute atomic E-state index is 11.6. The lowest BCUT2D eigenvalue weighted by Crippen LogP contribution is -2.64. The van der Waals surface area contributed by atoms with Crippen molar-refractivity contribution in [2.45, 2.75) is 36.6 Å². The fourth-order valence-corrected chi connectivity index (χ4v) is 2.52.